The molecule has 2 atom stereocenters. The average molecular weight is 244 g/mol. The largest absolute Gasteiger partial charge is 0.335 e. The van der Waals surface area contributed by atoms with Gasteiger partial charge in [-0.2, -0.15) is 9.36 Å². The topological polar surface area (TPSA) is 66.9 Å². The van der Waals surface area contributed by atoms with Crippen molar-refractivity contribution in [3.63, 3.8) is 0 Å². The number of anilines is 1. The van der Waals surface area contributed by atoms with Crippen molar-refractivity contribution in [1.29, 1.82) is 0 Å². The van der Waals surface area contributed by atoms with Crippen LogP contribution in [0.1, 0.15) is 13.3 Å². The van der Waals surface area contributed by atoms with E-state index in [-0.39, 0.29) is 6.03 Å². The zero-order valence-corrected chi connectivity index (χ0v) is 10.1. The van der Waals surface area contributed by atoms with Gasteiger partial charge < -0.3 is 5.32 Å². The highest BCUT2D eigenvalue weighted by Crippen LogP contribution is 2.29. The monoisotopic (exact) mass is 244 g/mol. The first kappa shape index (κ1) is 10.7. The lowest BCUT2D eigenvalue weighted by atomic mass is 10.5. The maximum atomic E-state index is 11.4. The second-order valence-corrected chi connectivity index (χ2v) is 5.03. The molecule has 1 aromatic heterocycles. The Morgan fingerprint density at radius 1 is 1.67 bits per heavy atom. The molecule has 1 aliphatic rings. The summed E-state index contributed by atoms with van der Waals surface area (Å²) in [5.41, 5.74) is 0. The molecular weight excluding hydrogens is 232 g/mol. The Morgan fingerprint density at radius 3 is 2.93 bits per heavy atom. The van der Waals surface area contributed by atoms with E-state index in [0.717, 1.165) is 6.42 Å². The summed E-state index contributed by atoms with van der Waals surface area (Å²) >= 11 is 2.66. The number of rotatable bonds is 3. The number of nitrogens with zero attached hydrogens (tertiary/aromatic N) is 2. The minimum absolute atomic E-state index is 0.187. The number of aromatic nitrogens is 2. The van der Waals surface area contributed by atoms with Gasteiger partial charge in [-0.25, -0.2) is 4.79 Å². The number of amides is 2. The van der Waals surface area contributed by atoms with E-state index in [1.807, 2.05) is 6.26 Å². The van der Waals surface area contributed by atoms with Crippen LogP contribution in [0.25, 0.3) is 0 Å². The van der Waals surface area contributed by atoms with Crippen LogP contribution < -0.4 is 10.6 Å². The van der Waals surface area contributed by atoms with Gasteiger partial charge >= 0.3 is 6.03 Å². The van der Waals surface area contributed by atoms with Crippen molar-refractivity contribution >= 4 is 34.5 Å². The summed E-state index contributed by atoms with van der Waals surface area (Å²) in [5.74, 6) is 0.604. The molecule has 2 amide bonds. The first-order valence-electron chi connectivity index (χ1n) is 4.64. The van der Waals surface area contributed by atoms with E-state index in [2.05, 4.69) is 26.9 Å². The smallest absolute Gasteiger partial charge is 0.321 e. The summed E-state index contributed by atoms with van der Waals surface area (Å²) in [7, 11) is 0. The third-order valence-corrected chi connectivity index (χ3v) is 3.53. The van der Waals surface area contributed by atoms with Crippen molar-refractivity contribution in [2.75, 3.05) is 11.6 Å². The fourth-order valence-electron chi connectivity index (χ4n) is 1.17. The molecule has 1 heterocycles. The van der Waals surface area contributed by atoms with Crippen molar-refractivity contribution in [3.8, 4) is 0 Å². The highest BCUT2D eigenvalue weighted by Gasteiger charge is 2.33. The lowest BCUT2D eigenvalue weighted by Gasteiger charge is -2.02. The van der Waals surface area contributed by atoms with Gasteiger partial charge in [0.15, 0.2) is 0 Å². The summed E-state index contributed by atoms with van der Waals surface area (Å²) in [6.45, 7) is 2.11. The van der Waals surface area contributed by atoms with Crippen molar-refractivity contribution < 1.29 is 4.79 Å². The zero-order chi connectivity index (χ0) is 10.8. The molecule has 1 saturated carbocycles. The molecule has 0 saturated heterocycles. The number of thioether (sulfide) groups is 1. The van der Waals surface area contributed by atoms with Crippen molar-refractivity contribution in [2.45, 2.75) is 24.5 Å². The Hall–Kier alpha value is -0.820. The molecule has 1 aromatic rings. The lowest BCUT2D eigenvalue weighted by Crippen LogP contribution is -2.31. The van der Waals surface area contributed by atoms with Gasteiger partial charge in [-0.1, -0.05) is 18.7 Å². The minimum Gasteiger partial charge on any atom is -0.335 e. The standard InChI is InChI=1S/C8H12N4OS2/c1-4-3-5(4)9-6(13)10-7-11-8(14-2)12-15-7/h4-5H,3H2,1-2H3,(H2,9,10,11,12,13)/t4-,5-/m0/s1. The van der Waals surface area contributed by atoms with Gasteiger partial charge in [0.25, 0.3) is 0 Å². The number of carbonyl (C=O) groups excluding carboxylic acids is 1. The van der Waals surface area contributed by atoms with Crippen molar-refractivity contribution in [2.24, 2.45) is 5.92 Å². The van der Waals surface area contributed by atoms with Crippen LogP contribution in [0.2, 0.25) is 0 Å². The number of nitrogens with one attached hydrogen (secondary N) is 2. The number of carbonyl (C=O) groups is 1. The van der Waals surface area contributed by atoms with Crippen LogP contribution in [0.15, 0.2) is 5.16 Å². The molecule has 15 heavy (non-hydrogen) atoms. The minimum atomic E-state index is -0.187. The van der Waals surface area contributed by atoms with E-state index >= 15 is 0 Å². The van der Waals surface area contributed by atoms with Gasteiger partial charge in [0.2, 0.25) is 10.3 Å². The molecule has 0 spiro atoms. The second-order valence-electron chi connectivity index (χ2n) is 3.50. The van der Waals surface area contributed by atoms with Crippen LogP contribution in [-0.2, 0) is 0 Å². The Bertz CT molecular complexity index is 367. The molecule has 0 bridgehead atoms. The summed E-state index contributed by atoms with van der Waals surface area (Å²) in [6, 6.07) is 0.145. The van der Waals surface area contributed by atoms with Crippen LogP contribution in [-0.4, -0.2) is 27.7 Å². The highest BCUT2D eigenvalue weighted by molar-refractivity contribution is 7.98. The maximum Gasteiger partial charge on any atom is 0.321 e. The fourth-order valence-corrected chi connectivity index (χ4v) is 2.29. The molecular formula is C8H12N4OS2. The van der Waals surface area contributed by atoms with E-state index < -0.39 is 0 Å². The summed E-state index contributed by atoms with van der Waals surface area (Å²) in [5, 5.41) is 6.77. The third-order valence-electron chi connectivity index (χ3n) is 2.24. The van der Waals surface area contributed by atoms with Crippen LogP contribution in [0, 0.1) is 5.92 Å². The molecule has 0 aliphatic heterocycles. The van der Waals surface area contributed by atoms with Crippen molar-refractivity contribution in [1.82, 2.24) is 14.7 Å². The van der Waals surface area contributed by atoms with E-state index in [0.29, 0.717) is 22.2 Å². The van der Waals surface area contributed by atoms with Crippen LogP contribution in [0.3, 0.4) is 0 Å². The lowest BCUT2D eigenvalue weighted by molar-refractivity contribution is 0.251. The molecule has 0 unspecified atom stereocenters. The van der Waals surface area contributed by atoms with Gasteiger partial charge in [0.1, 0.15) is 0 Å². The van der Waals surface area contributed by atoms with Crippen LogP contribution in [0.4, 0.5) is 9.93 Å². The summed E-state index contributed by atoms with van der Waals surface area (Å²) in [6.07, 6.45) is 2.97. The normalized spacial score (nSPS) is 23.6. The van der Waals surface area contributed by atoms with Gasteiger partial charge in [-0.05, 0) is 18.6 Å². The fraction of sp³-hybridized carbons (Fsp3) is 0.625. The van der Waals surface area contributed by atoms with Crippen LogP contribution >= 0.6 is 23.3 Å². The number of hydrogen-bond donors (Lipinski definition) is 2. The zero-order valence-electron chi connectivity index (χ0n) is 8.48. The maximum absolute atomic E-state index is 11.4. The molecule has 7 heteroatoms. The first-order valence-corrected chi connectivity index (χ1v) is 6.64. The second kappa shape index (κ2) is 4.36. The molecule has 2 rings (SSSR count). The number of hydrogen-bond acceptors (Lipinski definition) is 5. The Morgan fingerprint density at radius 2 is 2.40 bits per heavy atom. The molecule has 82 valence electrons. The predicted octanol–water partition coefficient (Wildman–Crippen LogP) is 1.79. The summed E-state index contributed by atoms with van der Waals surface area (Å²) in [4.78, 5) is 15.5. The molecule has 0 radical (unpaired) electrons. The molecule has 2 N–H and O–H groups in total. The van der Waals surface area contributed by atoms with E-state index in [1.165, 1.54) is 23.3 Å². The van der Waals surface area contributed by atoms with Crippen LogP contribution in [0.5, 0.6) is 0 Å². The van der Waals surface area contributed by atoms with E-state index in [4.69, 9.17) is 0 Å². The molecule has 1 aliphatic carbocycles. The van der Waals surface area contributed by atoms with Crippen molar-refractivity contribution in [3.05, 3.63) is 0 Å². The van der Waals surface area contributed by atoms with E-state index in [9.17, 15) is 4.79 Å². The Labute approximate surface area is 96.2 Å². The third kappa shape index (κ3) is 2.82. The Kier molecular flexibility index (Phi) is 3.11. The Balaban J connectivity index is 1.82. The molecule has 0 aromatic carbocycles. The predicted molar refractivity (Wildman–Crippen MR) is 61.4 cm³/mol. The molecule has 1 fully saturated rings. The quantitative estimate of drug-likeness (QED) is 0.795. The van der Waals surface area contributed by atoms with Gasteiger partial charge in [-0.3, -0.25) is 5.32 Å². The van der Waals surface area contributed by atoms with Gasteiger partial charge in [0, 0.05) is 17.6 Å². The molecule has 5 nitrogen and oxygen atoms in total. The van der Waals surface area contributed by atoms with Gasteiger partial charge in [0.05, 0.1) is 0 Å². The first-order chi connectivity index (χ1) is 7.19. The SMILES string of the molecule is CSc1nsc(NC(=O)N[C@H]2C[C@@H]2C)n1. The van der Waals surface area contributed by atoms with E-state index in [1.54, 1.807) is 0 Å². The highest BCUT2D eigenvalue weighted by atomic mass is 32.2. The average Bonchev–Trinajstić information content (AvgIpc) is 2.72. The number of urea groups is 1. The summed E-state index contributed by atoms with van der Waals surface area (Å²) < 4.78 is 4.05. The van der Waals surface area contributed by atoms with Gasteiger partial charge in [-0.15, -0.1) is 0 Å².